The Balaban J connectivity index is 2.46. The molecule has 2 rings (SSSR count). The van der Waals surface area contributed by atoms with Crippen LogP contribution in [0.2, 0.25) is 0 Å². The zero-order valence-electron chi connectivity index (χ0n) is 8.45. The van der Waals surface area contributed by atoms with Gasteiger partial charge in [0.25, 0.3) is 0 Å². The molecule has 1 amide bonds. The number of amides is 1. The van der Waals surface area contributed by atoms with Gasteiger partial charge in [0.15, 0.2) is 0 Å². The molecule has 0 saturated carbocycles. The Hall–Kier alpha value is -1.51. The lowest BCUT2D eigenvalue weighted by Gasteiger charge is -2.16. The first-order valence-corrected chi connectivity index (χ1v) is 4.80. The molecule has 1 aliphatic heterocycles. The smallest absolute Gasteiger partial charge is 0.228 e. The summed E-state index contributed by atoms with van der Waals surface area (Å²) in [4.78, 5) is 13.4. The number of rotatable bonds is 0. The molecule has 0 spiro atoms. The molecule has 1 aromatic carbocycles. The number of anilines is 2. The number of para-hydroxylation sites is 2. The van der Waals surface area contributed by atoms with Crippen LogP contribution < -0.4 is 10.2 Å². The van der Waals surface area contributed by atoms with Crippen LogP contribution in [-0.2, 0) is 4.79 Å². The summed E-state index contributed by atoms with van der Waals surface area (Å²) >= 11 is 0. The van der Waals surface area contributed by atoms with Crippen LogP contribution in [0.25, 0.3) is 0 Å². The van der Waals surface area contributed by atoms with Crippen molar-refractivity contribution < 1.29 is 4.79 Å². The van der Waals surface area contributed by atoms with E-state index < -0.39 is 0 Å². The van der Waals surface area contributed by atoms with E-state index in [1.54, 1.807) is 4.90 Å². The van der Waals surface area contributed by atoms with Gasteiger partial charge in [-0.05, 0) is 19.1 Å². The van der Waals surface area contributed by atoms with Gasteiger partial charge in [0.05, 0.1) is 11.4 Å². The number of benzene rings is 1. The zero-order chi connectivity index (χ0) is 10.1. The highest BCUT2D eigenvalue weighted by molar-refractivity contribution is 5.98. The van der Waals surface area contributed by atoms with E-state index in [4.69, 9.17) is 0 Å². The Kier molecular flexibility index (Phi) is 2.15. The topological polar surface area (TPSA) is 32.3 Å². The molecule has 0 aliphatic carbocycles. The molecule has 74 valence electrons. The van der Waals surface area contributed by atoms with Gasteiger partial charge in [-0.2, -0.15) is 0 Å². The van der Waals surface area contributed by atoms with Crippen molar-refractivity contribution in [1.82, 2.24) is 0 Å². The van der Waals surface area contributed by atoms with E-state index in [1.807, 2.05) is 38.2 Å². The Morgan fingerprint density at radius 1 is 1.43 bits per heavy atom. The first-order valence-electron chi connectivity index (χ1n) is 4.80. The Morgan fingerprint density at radius 2 is 2.14 bits per heavy atom. The van der Waals surface area contributed by atoms with Crippen LogP contribution in [0.4, 0.5) is 11.4 Å². The number of hydrogen-bond donors (Lipinski definition) is 1. The minimum Gasteiger partial charge on any atom is -0.380 e. The van der Waals surface area contributed by atoms with Crippen LogP contribution in [-0.4, -0.2) is 19.0 Å². The maximum atomic E-state index is 11.7. The normalized spacial score (nSPS) is 21.1. The van der Waals surface area contributed by atoms with Crippen molar-refractivity contribution in [2.24, 2.45) is 0 Å². The van der Waals surface area contributed by atoms with E-state index in [2.05, 4.69) is 5.32 Å². The zero-order valence-corrected chi connectivity index (χ0v) is 8.45. The van der Waals surface area contributed by atoms with E-state index in [0.29, 0.717) is 6.42 Å². The highest BCUT2D eigenvalue weighted by atomic mass is 16.2. The molecule has 0 fully saturated rings. The van der Waals surface area contributed by atoms with E-state index in [-0.39, 0.29) is 11.9 Å². The predicted octanol–water partition coefficient (Wildman–Crippen LogP) is 1.85. The molecule has 3 nitrogen and oxygen atoms in total. The highest BCUT2D eigenvalue weighted by Gasteiger charge is 2.21. The Bertz CT molecular complexity index is 362. The summed E-state index contributed by atoms with van der Waals surface area (Å²) in [5.41, 5.74) is 2.00. The van der Waals surface area contributed by atoms with Crippen LogP contribution in [0.3, 0.4) is 0 Å². The molecule has 1 aliphatic rings. The van der Waals surface area contributed by atoms with Gasteiger partial charge in [-0.15, -0.1) is 0 Å². The summed E-state index contributed by atoms with van der Waals surface area (Å²) in [6, 6.07) is 8.08. The molecule has 1 atom stereocenters. The van der Waals surface area contributed by atoms with Crippen molar-refractivity contribution >= 4 is 17.3 Å². The van der Waals surface area contributed by atoms with E-state index >= 15 is 0 Å². The van der Waals surface area contributed by atoms with Crippen LogP contribution >= 0.6 is 0 Å². The molecule has 1 aromatic rings. The average molecular weight is 190 g/mol. The summed E-state index contributed by atoms with van der Waals surface area (Å²) in [5.74, 6) is 0.162. The maximum Gasteiger partial charge on any atom is 0.228 e. The highest BCUT2D eigenvalue weighted by Crippen LogP contribution is 2.28. The molecular weight excluding hydrogens is 176 g/mol. The number of hydrogen-bond acceptors (Lipinski definition) is 2. The van der Waals surface area contributed by atoms with Crippen LogP contribution in [0, 0.1) is 0 Å². The summed E-state index contributed by atoms with van der Waals surface area (Å²) in [5, 5.41) is 3.32. The Labute approximate surface area is 83.7 Å². The van der Waals surface area contributed by atoms with Crippen molar-refractivity contribution in [3.63, 3.8) is 0 Å². The molecule has 14 heavy (non-hydrogen) atoms. The molecule has 1 N–H and O–H groups in total. The molecule has 0 saturated heterocycles. The first-order chi connectivity index (χ1) is 6.68. The van der Waals surface area contributed by atoms with Crippen molar-refractivity contribution in [3.05, 3.63) is 24.3 Å². The van der Waals surface area contributed by atoms with Crippen molar-refractivity contribution in [2.45, 2.75) is 19.4 Å². The van der Waals surface area contributed by atoms with Gasteiger partial charge in [0.1, 0.15) is 0 Å². The molecular formula is C11H14N2O. The third kappa shape index (κ3) is 1.45. The lowest BCUT2D eigenvalue weighted by molar-refractivity contribution is -0.118. The number of nitrogens with zero attached hydrogens (tertiary/aromatic N) is 1. The van der Waals surface area contributed by atoms with Crippen LogP contribution in [0.15, 0.2) is 24.3 Å². The summed E-state index contributed by atoms with van der Waals surface area (Å²) in [6.45, 7) is 2.02. The average Bonchev–Trinajstić information content (AvgIpc) is 2.26. The summed E-state index contributed by atoms with van der Waals surface area (Å²) in [6.07, 6.45) is 0.547. The van der Waals surface area contributed by atoms with Crippen LogP contribution in [0.1, 0.15) is 13.3 Å². The van der Waals surface area contributed by atoms with E-state index in [0.717, 1.165) is 11.4 Å². The Morgan fingerprint density at radius 3 is 2.93 bits per heavy atom. The fraction of sp³-hybridized carbons (Fsp3) is 0.364. The number of carbonyl (C=O) groups is 1. The van der Waals surface area contributed by atoms with Gasteiger partial charge in [-0.25, -0.2) is 0 Å². The lowest BCUT2D eigenvalue weighted by atomic mass is 10.2. The summed E-state index contributed by atoms with van der Waals surface area (Å²) in [7, 11) is 1.82. The van der Waals surface area contributed by atoms with Gasteiger partial charge < -0.3 is 10.2 Å². The standard InChI is InChI=1S/C11H14N2O/c1-8-7-11(14)13(2)10-6-4-3-5-9(10)12-8/h3-6,8,12H,7H2,1-2H3. The van der Waals surface area contributed by atoms with Crippen molar-refractivity contribution in [3.8, 4) is 0 Å². The second kappa shape index (κ2) is 3.33. The minimum absolute atomic E-state index is 0.162. The van der Waals surface area contributed by atoms with Crippen LogP contribution in [0.5, 0.6) is 0 Å². The first kappa shape index (κ1) is 9.06. The number of carbonyl (C=O) groups excluding carboxylic acids is 1. The number of nitrogens with one attached hydrogen (secondary N) is 1. The molecule has 0 aromatic heterocycles. The summed E-state index contributed by atoms with van der Waals surface area (Å²) < 4.78 is 0. The minimum atomic E-state index is 0.162. The van der Waals surface area contributed by atoms with Crippen molar-refractivity contribution in [1.29, 1.82) is 0 Å². The fourth-order valence-electron chi connectivity index (χ4n) is 1.74. The maximum absolute atomic E-state index is 11.7. The predicted molar refractivity (Wildman–Crippen MR) is 57.6 cm³/mol. The quantitative estimate of drug-likeness (QED) is 0.677. The fourth-order valence-corrected chi connectivity index (χ4v) is 1.74. The van der Waals surface area contributed by atoms with Gasteiger partial charge in [-0.1, -0.05) is 12.1 Å². The van der Waals surface area contributed by atoms with Gasteiger partial charge in [0.2, 0.25) is 5.91 Å². The molecule has 0 radical (unpaired) electrons. The van der Waals surface area contributed by atoms with Gasteiger partial charge in [-0.3, -0.25) is 4.79 Å². The molecule has 1 unspecified atom stereocenters. The monoisotopic (exact) mass is 190 g/mol. The SMILES string of the molecule is CC1CC(=O)N(C)c2ccccc2N1. The third-order valence-electron chi connectivity index (χ3n) is 2.52. The lowest BCUT2D eigenvalue weighted by Crippen LogP contribution is -2.27. The second-order valence-electron chi connectivity index (χ2n) is 3.72. The molecule has 0 bridgehead atoms. The van der Waals surface area contributed by atoms with Crippen molar-refractivity contribution in [2.75, 3.05) is 17.3 Å². The number of fused-ring (bicyclic) bond motifs is 1. The van der Waals surface area contributed by atoms with Gasteiger partial charge >= 0.3 is 0 Å². The van der Waals surface area contributed by atoms with E-state index in [1.165, 1.54) is 0 Å². The largest absolute Gasteiger partial charge is 0.380 e. The molecule has 3 heteroatoms. The third-order valence-corrected chi connectivity index (χ3v) is 2.52. The molecule has 1 heterocycles. The second-order valence-corrected chi connectivity index (χ2v) is 3.72. The van der Waals surface area contributed by atoms with Gasteiger partial charge in [0, 0.05) is 19.5 Å². The van der Waals surface area contributed by atoms with E-state index in [9.17, 15) is 4.79 Å².